The van der Waals surface area contributed by atoms with Crippen LogP contribution in [0.4, 0.5) is 0 Å². The van der Waals surface area contributed by atoms with Crippen LogP contribution in [0.15, 0.2) is 18.0 Å². The van der Waals surface area contributed by atoms with E-state index in [1.165, 1.54) is 0 Å². The molecule has 1 heterocycles. The van der Waals surface area contributed by atoms with Crippen LogP contribution in [0, 0.1) is 0 Å². The van der Waals surface area contributed by atoms with Crippen LogP contribution in [0.25, 0.3) is 0 Å². The van der Waals surface area contributed by atoms with Gasteiger partial charge in [0.25, 0.3) is 0 Å². The lowest BCUT2D eigenvalue weighted by Gasteiger charge is -2.30. The molecule has 0 bridgehead atoms. The normalized spacial score (nSPS) is 17.2. The molecule has 1 aliphatic heterocycles. The summed E-state index contributed by atoms with van der Waals surface area (Å²) in [5.74, 6) is 0.184. The summed E-state index contributed by atoms with van der Waals surface area (Å²) in [6.07, 6.45) is 0.525. The third kappa shape index (κ3) is 0.775. The second-order valence-electron chi connectivity index (χ2n) is 1.94. The van der Waals surface area contributed by atoms with E-state index in [0.29, 0.717) is 6.42 Å². The lowest BCUT2D eigenvalue weighted by atomic mass is 10.1. The maximum Gasteiger partial charge on any atom is 0.233 e. The van der Waals surface area contributed by atoms with Crippen molar-refractivity contribution in [2.75, 3.05) is 6.54 Å². The fourth-order valence-corrected chi connectivity index (χ4v) is 0.919. The summed E-state index contributed by atoms with van der Waals surface area (Å²) in [4.78, 5) is 12.3. The Labute approximate surface area is 54.5 Å². The molecule has 48 valence electrons. The number of carbonyl (C=O) groups is 1. The quantitative estimate of drug-likeness (QED) is 0.375. The molecule has 2 heteroatoms. The highest BCUT2D eigenvalue weighted by Gasteiger charge is 2.27. The lowest BCUT2D eigenvalue weighted by Crippen LogP contribution is -2.40. The highest BCUT2D eigenvalue weighted by Crippen LogP contribution is 2.20. The van der Waals surface area contributed by atoms with Crippen LogP contribution in [-0.4, -0.2) is 17.4 Å². The average molecular weight is 123 g/mol. The molecular weight excluding hydrogens is 114 g/mol. The second-order valence-corrected chi connectivity index (χ2v) is 1.94. The molecule has 1 aliphatic rings. The molecule has 0 unspecified atom stereocenters. The average Bonchev–Trinajstić information content (AvgIpc) is 1.83. The van der Waals surface area contributed by atoms with Crippen molar-refractivity contribution >= 4 is 5.91 Å². The van der Waals surface area contributed by atoms with E-state index in [-0.39, 0.29) is 5.91 Å². The van der Waals surface area contributed by atoms with Gasteiger partial charge in [0.2, 0.25) is 5.91 Å². The van der Waals surface area contributed by atoms with E-state index in [1.54, 1.807) is 4.90 Å². The fourth-order valence-electron chi connectivity index (χ4n) is 0.919. The molecule has 0 radical (unpaired) electrons. The number of likely N-dealkylation sites (tertiary alicyclic amines) is 1. The second kappa shape index (κ2) is 2.08. The lowest BCUT2D eigenvalue weighted by molar-refractivity contribution is -0.134. The van der Waals surface area contributed by atoms with Gasteiger partial charge in [-0.15, -0.1) is 5.73 Å². The molecule has 1 amide bonds. The van der Waals surface area contributed by atoms with Gasteiger partial charge >= 0.3 is 0 Å². The zero-order valence-corrected chi connectivity index (χ0v) is 5.48. The summed E-state index contributed by atoms with van der Waals surface area (Å²) in [7, 11) is 0. The Balaban J connectivity index is 2.69. The van der Waals surface area contributed by atoms with Gasteiger partial charge in [-0.1, -0.05) is 6.58 Å². The van der Waals surface area contributed by atoms with E-state index in [0.717, 1.165) is 12.2 Å². The van der Waals surface area contributed by atoms with Crippen molar-refractivity contribution in [3.8, 4) is 0 Å². The van der Waals surface area contributed by atoms with Gasteiger partial charge in [0, 0.05) is 6.54 Å². The number of rotatable bonds is 1. The monoisotopic (exact) mass is 123 g/mol. The SMILES string of the molecule is C=C=C1CC(=O)N1CC. The van der Waals surface area contributed by atoms with Crippen molar-refractivity contribution < 1.29 is 4.79 Å². The first-order valence-electron chi connectivity index (χ1n) is 2.99. The van der Waals surface area contributed by atoms with Gasteiger partial charge in [0.15, 0.2) is 0 Å². The molecule has 0 aromatic rings. The highest BCUT2D eigenvalue weighted by atomic mass is 16.2. The van der Waals surface area contributed by atoms with Gasteiger partial charge in [0.1, 0.15) is 0 Å². The van der Waals surface area contributed by atoms with Crippen LogP contribution in [-0.2, 0) is 4.79 Å². The van der Waals surface area contributed by atoms with Gasteiger partial charge < -0.3 is 4.90 Å². The van der Waals surface area contributed by atoms with Gasteiger partial charge in [-0.3, -0.25) is 4.79 Å². The number of nitrogens with zero attached hydrogens (tertiary/aromatic N) is 1. The van der Waals surface area contributed by atoms with Crippen molar-refractivity contribution in [3.05, 3.63) is 18.0 Å². The van der Waals surface area contributed by atoms with Gasteiger partial charge in [0.05, 0.1) is 12.1 Å². The summed E-state index contributed by atoms with van der Waals surface area (Å²) < 4.78 is 0. The molecule has 1 fully saturated rings. The molecule has 0 aliphatic carbocycles. The topological polar surface area (TPSA) is 20.3 Å². The first kappa shape index (κ1) is 6.12. The molecule has 0 N–H and O–H groups in total. The Morgan fingerprint density at radius 3 is 2.78 bits per heavy atom. The summed E-state index contributed by atoms with van der Waals surface area (Å²) in [5.41, 5.74) is 3.64. The minimum absolute atomic E-state index is 0.184. The molecule has 2 nitrogen and oxygen atoms in total. The van der Waals surface area contributed by atoms with E-state index in [9.17, 15) is 4.79 Å². The summed E-state index contributed by atoms with van der Waals surface area (Å²) in [5, 5.41) is 0. The Morgan fingerprint density at radius 2 is 2.56 bits per heavy atom. The number of β-lactam (4-membered cyclic amide) rings is 1. The highest BCUT2D eigenvalue weighted by molar-refractivity contribution is 5.87. The van der Waals surface area contributed by atoms with Gasteiger partial charge in [-0.2, -0.15) is 0 Å². The molecule has 0 atom stereocenters. The Kier molecular flexibility index (Phi) is 1.41. The predicted octanol–water partition coefficient (Wildman–Crippen LogP) is 0.907. The summed E-state index contributed by atoms with van der Waals surface area (Å²) >= 11 is 0. The fraction of sp³-hybridized carbons (Fsp3) is 0.429. The Bertz CT molecular complexity index is 189. The number of carbonyl (C=O) groups excluding carboxylic acids is 1. The third-order valence-corrected chi connectivity index (χ3v) is 1.47. The number of hydrogen-bond acceptors (Lipinski definition) is 1. The molecule has 1 saturated heterocycles. The number of hydrogen-bond donors (Lipinski definition) is 0. The summed E-state index contributed by atoms with van der Waals surface area (Å²) in [6, 6.07) is 0. The maximum atomic E-state index is 10.7. The van der Waals surface area contributed by atoms with Crippen LogP contribution in [0.2, 0.25) is 0 Å². The van der Waals surface area contributed by atoms with Crippen LogP contribution < -0.4 is 0 Å². The Hall–Kier alpha value is -1.01. The van der Waals surface area contributed by atoms with Crippen molar-refractivity contribution in [3.63, 3.8) is 0 Å². The maximum absolute atomic E-state index is 10.7. The van der Waals surface area contributed by atoms with Gasteiger partial charge in [-0.05, 0) is 6.92 Å². The zero-order valence-electron chi connectivity index (χ0n) is 5.48. The minimum atomic E-state index is 0.184. The predicted molar refractivity (Wildman–Crippen MR) is 34.7 cm³/mol. The van der Waals surface area contributed by atoms with Crippen LogP contribution in [0.3, 0.4) is 0 Å². The largest absolute Gasteiger partial charge is 0.309 e. The van der Waals surface area contributed by atoms with E-state index in [1.807, 2.05) is 6.92 Å². The van der Waals surface area contributed by atoms with Crippen molar-refractivity contribution in [2.24, 2.45) is 0 Å². The molecule has 0 aromatic heterocycles. The van der Waals surface area contributed by atoms with Crippen LogP contribution in [0.5, 0.6) is 0 Å². The first-order valence-corrected chi connectivity index (χ1v) is 2.99. The first-order chi connectivity index (χ1) is 4.29. The van der Waals surface area contributed by atoms with E-state index < -0.39 is 0 Å². The molecule has 9 heavy (non-hydrogen) atoms. The zero-order chi connectivity index (χ0) is 6.85. The summed E-state index contributed by atoms with van der Waals surface area (Å²) in [6.45, 7) is 6.14. The number of amides is 1. The standard InChI is InChI=1S/C7H9NO/c1-3-6-5-7(9)8(6)4-2/h1,4-5H2,2H3. The molecule has 0 spiro atoms. The van der Waals surface area contributed by atoms with Crippen molar-refractivity contribution in [1.82, 2.24) is 4.90 Å². The van der Waals surface area contributed by atoms with E-state index in [2.05, 4.69) is 12.3 Å². The van der Waals surface area contributed by atoms with E-state index in [4.69, 9.17) is 0 Å². The smallest absolute Gasteiger partial charge is 0.233 e. The van der Waals surface area contributed by atoms with Crippen molar-refractivity contribution in [2.45, 2.75) is 13.3 Å². The molecular formula is C7H9NO. The van der Waals surface area contributed by atoms with Gasteiger partial charge in [-0.25, -0.2) is 0 Å². The molecule has 0 saturated carbocycles. The van der Waals surface area contributed by atoms with E-state index >= 15 is 0 Å². The third-order valence-electron chi connectivity index (χ3n) is 1.47. The van der Waals surface area contributed by atoms with Crippen LogP contribution >= 0.6 is 0 Å². The molecule has 0 aromatic carbocycles. The minimum Gasteiger partial charge on any atom is -0.309 e. The van der Waals surface area contributed by atoms with Crippen molar-refractivity contribution in [1.29, 1.82) is 0 Å². The van der Waals surface area contributed by atoms with Crippen LogP contribution in [0.1, 0.15) is 13.3 Å². The molecule has 1 rings (SSSR count). The Morgan fingerprint density at radius 1 is 1.89 bits per heavy atom.